The second kappa shape index (κ2) is 5.92. The minimum Gasteiger partial charge on any atom is -0.377 e. The Morgan fingerprint density at radius 2 is 2.44 bits per heavy atom. The lowest BCUT2D eigenvalue weighted by atomic mass is 10.4. The van der Waals surface area contributed by atoms with E-state index in [1.54, 1.807) is 17.8 Å². The first kappa shape index (κ1) is 13.0. The summed E-state index contributed by atoms with van der Waals surface area (Å²) in [4.78, 5) is 16.0. The number of nitrogens with zero attached hydrogens (tertiary/aromatic N) is 3. The zero-order valence-electron chi connectivity index (χ0n) is 9.47. The van der Waals surface area contributed by atoms with Gasteiger partial charge in [0.15, 0.2) is 0 Å². The molecule has 0 aliphatic heterocycles. The molecule has 0 saturated carbocycles. The highest BCUT2D eigenvalue weighted by Gasteiger charge is 2.08. The third-order valence-electron chi connectivity index (χ3n) is 2.23. The van der Waals surface area contributed by atoms with Gasteiger partial charge in [0, 0.05) is 5.38 Å². The number of nitrogens with one attached hydrogen (secondary N) is 1. The van der Waals surface area contributed by atoms with Crippen molar-refractivity contribution in [2.75, 3.05) is 5.32 Å². The summed E-state index contributed by atoms with van der Waals surface area (Å²) in [5, 5.41) is 9.12. The van der Waals surface area contributed by atoms with Crippen molar-refractivity contribution in [2.45, 2.75) is 13.1 Å². The molecule has 0 bridgehead atoms. The summed E-state index contributed by atoms with van der Waals surface area (Å²) in [7, 11) is 0. The highest BCUT2D eigenvalue weighted by molar-refractivity contribution is 9.10. The number of aromatic nitrogens is 3. The minimum absolute atomic E-state index is 0.182. The van der Waals surface area contributed by atoms with E-state index in [1.807, 2.05) is 5.38 Å². The van der Waals surface area contributed by atoms with Crippen LogP contribution in [0.3, 0.4) is 0 Å². The number of thiazole rings is 1. The predicted octanol–water partition coefficient (Wildman–Crippen LogP) is 2.26. The number of anilines is 1. The number of hydrogen-bond acceptors (Lipinski definition) is 5. The van der Waals surface area contributed by atoms with E-state index in [2.05, 4.69) is 37.9 Å². The number of allylic oxidation sites excluding steroid dienone is 1. The first-order valence-electron chi connectivity index (χ1n) is 5.20. The van der Waals surface area contributed by atoms with Gasteiger partial charge in [0.2, 0.25) is 0 Å². The Labute approximate surface area is 116 Å². The molecule has 94 valence electrons. The van der Waals surface area contributed by atoms with Crippen LogP contribution in [-0.4, -0.2) is 14.8 Å². The molecule has 0 atom stereocenters. The Morgan fingerprint density at radius 3 is 3.11 bits per heavy atom. The molecule has 0 aliphatic carbocycles. The molecular formula is C11H11BrN4OS. The molecule has 5 nitrogen and oxygen atoms in total. The lowest BCUT2D eigenvalue weighted by Gasteiger charge is -2.08. The van der Waals surface area contributed by atoms with Crippen molar-refractivity contribution in [3.63, 3.8) is 0 Å². The molecule has 0 unspecified atom stereocenters. The molecule has 0 saturated heterocycles. The van der Waals surface area contributed by atoms with Gasteiger partial charge in [0.1, 0.15) is 4.47 Å². The zero-order valence-corrected chi connectivity index (χ0v) is 11.9. The summed E-state index contributed by atoms with van der Waals surface area (Å²) in [6.07, 6.45) is 3.24. The third kappa shape index (κ3) is 2.85. The quantitative estimate of drug-likeness (QED) is 0.856. The first-order valence-corrected chi connectivity index (χ1v) is 6.93. The van der Waals surface area contributed by atoms with Crippen molar-refractivity contribution in [1.82, 2.24) is 14.8 Å². The monoisotopic (exact) mass is 326 g/mol. The fourth-order valence-corrected chi connectivity index (χ4v) is 2.36. The van der Waals surface area contributed by atoms with Crippen molar-refractivity contribution in [3.05, 3.63) is 50.3 Å². The van der Waals surface area contributed by atoms with E-state index in [0.717, 1.165) is 5.69 Å². The van der Waals surface area contributed by atoms with Crippen LogP contribution in [0.5, 0.6) is 0 Å². The van der Waals surface area contributed by atoms with E-state index >= 15 is 0 Å². The lowest BCUT2D eigenvalue weighted by molar-refractivity contribution is 0.649. The molecular weight excluding hydrogens is 316 g/mol. The Morgan fingerprint density at radius 1 is 1.61 bits per heavy atom. The molecule has 0 radical (unpaired) electrons. The number of halogens is 1. The summed E-state index contributed by atoms with van der Waals surface area (Å²) in [6, 6.07) is 0. The van der Waals surface area contributed by atoms with Crippen LogP contribution in [0, 0.1) is 0 Å². The van der Waals surface area contributed by atoms with Crippen molar-refractivity contribution in [1.29, 1.82) is 0 Å². The molecule has 0 spiro atoms. The Kier molecular flexibility index (Phi) is 4.27. The summed E-state index contributed by atoms with van der Waals surface area (Å²) in [6.45, 7) is 4.54. The molecule has 0 aromatic carbocycles. The van der Waals surface area contributed by atoms with Crippen LogP contribution in [0.1, 0.15) is 5.69 Å². The molecule has 7 heteroatoms. The van der Waals surface area contributed by atoms with Crippen LogP contribution >= 0.6 is 27.3 Å². The van der Waals surface area contributed by atoms with Crippen LogP contribution in [0.4, 0.5) is 5.69 Å². The molecule has 0 aliphatic rings. The maximum atomic E-state index is 11.9. The Hall–Kier alpha value is -1.47. The number of rotatable bonds is 5. The molecule has 18 heavy (non-hydrogen) atoms. The SMILES string of the molecule is C=CCn1ncc(NCc2cscn2)c(Br)c1=O. The molecule has 0 amide bonds. The van der Waals surface area contributed by atoms with Crippen molar-refractivity contribution in [2.24, 2.45) is 0 Å². The van der Waals surface area contributed by atoms with Crippen LogP contribution in [-0.2, 0) is 13.1 Å². The highest BCUT2D eigenvalue weighted by atomic mass is 79.9. The molecule has 1 N–H and O–H groups in total. The summed E-state index contributed by atoms with van der Waals surface area (Å²) in [5.74, 6) is 0. The van der Waals surface area contributed by atoms with Crippen molar-refractivity contribution >= 4 is 33.0 Å². The largest absolute Gasteiger partial charge is 0.377 e. The van der Waals surface area contributed by atoms with Crippen molar-refractivity contribution in [3.8, 4) is 0 Å². The lowest BCUT2D eigenvalue weighted by Crippen LogP contribution is -2.23. The van der Waals surface area contributed by atoms with E-state index in [4.69, 9.17) is 0 Å². The average molecular weight is 327 g/mol. The van der Waals surface area contributed by atoms with Gasteiger partial charge in [-0.1, -0.05) is 6.08 Å². The number of hydrogen-bond donors (Lipinski definition) is 1. The molecule has 2 aromatic rings. The van der Waals surface area contributed by atoms with Crippen LogP contribution < -0.4 is 10.9 Å². The van der Waals surface area contributed by atoms with E-state index in [1.165, 1.54) is 16.0 Å². The summed E-state index contributed by atoms with van der Waals surface area (Å²) < 4.78 is 1.81. The highest BCUT2D eigenvalue weighted by Crippen LogP contribution is 2.17. The third-order valence-corrected chi connectivity index (χ3v) is 3.63. The van der Waals surface area contributed by atoms with Crippen LogP contribution in [0.2, 0.25) is 0 Å². The summed E-state index contributed by atoms with van der Waals surface area (Å²) in [5.41, 5.74) is 3.18. The van der Waals surface area contributed by atoms with Gasteiger partial charge in [-0.2, -0.15) is 5.10 Å². The molecule has 0 fully saturated rings. The summed E-state index contributed by atoms with van der Waals surface area (Å²) >= 11 is 4.81. The van der Waals surface area contributed by atoms with Gasteiger partial charge >= 0.3 is 0 Å². The van der Waals surface area contributed by atoms with Crippen LogP contribution in [0.25, 0.3) is 0 Å². The second-order valence-corrected chi connectivity index (χ2v) is 4.99. The Balaban J connectivity index is 2.16. The molecule has 2 heterocycles. The smallest absolute Gasteiger partial charge is 0.283 e. The Bertz CT molecular complexity index is 594. The average Bonchev–Trinajstić information content (AvgIpc) is 2.87. The topological polar surface area (TPSA) is 59.8 Å². The predicted molar refractivity (Wildman–Crippen MR) is 75.8 cm³/mol. The maximum absolute atomic E-state index is 11.9. The molecule has 2 aromatic heterocycles. The fraction of sp³-hybridized carbons (Fsp3) is 0.182. The minimum atomic E-state index is -0.182. The van der Waals surface area contributed by atoms with Gasteiger partial charge in [0.25, 0.3) is 5.56 Å². The van der Waals surface area contributed by atoms with Gasteiger partial charge in [-0.15, -0.1) is 17.9 Å². The van der Waals surface area contributed by atoms with Gasteiger partial charge in [-0.25, -0.2) is 9.67 Å². The van der Waals surface area contributed by atoms with Gasteiger partial charge in [-0.05, 0) is 15.9 Å². The van der Waals surface area contributed by atoms with E-state index in [0.29, 0.717) is 23.2 Å². The first-order chi connectivity index (χ1) is 8.72. The fourth-order valence-electron chi connectivity index (χ4n) is 1.35. The maximum Gasteiger partial charge on any atom is 0.283 e. The van der Waals surface area contributed by atoms with E-state index in [9.17, 15) is 4.79 Å². The van der Waals surface area contributed by atoms with Gasteiger partial charge in [0.05, 0.1) is 36.2 Å². The van der Waals surface area contributed by atoms with Gasteiger partial charge < -0.3 is 5.32 Å². The van der Waals surface area contributed by atoms with Crippen LogP contribution in [0.15, 0.2) is 39.0 Å². The van der Waals surface area contributed by atoms with Crippen molar-refractivity contribution < 1.29 is 0 Å². The molecule has 2 rings (SSSR count). The normalized spacial score (nSPS) is 10.3. The van der Waals surface area contributed by atoms with Gasteiger partial charge in [-0.3, -0.25) is 4.79 Å². The second-order valence-electron chi connectivity index (χ2n) is 3.48. The zero-order chi connectivity index (χ0) is 13.0. The standard InChI is InChI=1S/C11H11BrN4OS/c1-2-3-16-11(17)10(12)9(5-15-16)13-4-8-6-18-7-14-8/h2,5-7,13H,1,3-4H2. The van der Waals surface area contributed by atoms with E-state index < -0.39 is 0 Å². The van der Waals surface area contributed by atoms with E-state index in [-0.39, 0.29) is 5.56 Å².